The second kappa shape index (κ2) is 12.2. The van der Waals surface area contributed by atoms with E-state index in [9.17, 15) is 9.59 Å². The number of hydrogen-bond acceptors (Lipinski definition) is 3. The van der Waals surface area contributed by atoms with E-state index in [1.807, 2.05) is 43.3 Å². The summed E-state index contributed by atoms with van der Waals surface area (Å²) in [5.41, 5.74) is 1.77. The zero-order chi connectivity index (χ0) is 21.9. The monoisotopic (exact) mass is 430 g/mol. The summed E-state index contributed by atoms with van der Waals surface area (Å²) in [6.45, 7) is 4.97. The van der Waals surface area contributed by atoms with Crippen molar-refractivity contribution < 1.29 is 14.3 Å². The summed E-state index contributed by atoms with van der Waals surface area (Å²) < 4.78 is 5.22. The molecule has 0 aromatic heterocycles. The first-order valence-corrected chi connectivity index (χ1v) is 10.8. The lowest BCUT2D eigenvalue weighted by Crippen LogP contribution is -2.49. The Kier molecular flexibility index (Phi) is 9.68. The molecule has 0 aliphatic carbocycles. The number of amides is 2. The standard InChI is InChI=1S/C24H31ClN2O3/c1-4-6-14-26-24(29)22(5-2)27(17-18-10-12-21(30-3)13-11-18)23(28)16-19-8-7-9-20(25)15-19/h7-13,15,22H,4-6,14,16-17H2,1-3H3,(H,26,29). The van der Waals surface area contributed by atoms with Crippen LogP contribution in [0.25, 0.3) is 0 Å². The normalized spacial score (nSPS) is 11.6. The Hall–Kier alpha value is -2.53. The number of nitrogens with one attached hydrogen (secondary N) is 1. The third-order valence-electron chi connectivity index (χ3n) is 4.97. The fourth-order valence-corrected chi connectivity index (χ4v) is 3.49. The van der Waals surface area contributed by atoms with Crippen LogP contribution in [0.15, 0.2) is 48.5 Å². The van der Waals surface area contributed by atoms with Crippen LogP contribution in [0.2, 0.25) is 5.02 Å². The van der Waals surface area contributed by atoms with E-state index in [-0.39, 0.29) is 18.2 Å². The number of halogens is 1. The molecule has 0 radical (unpaired) electrons. The second-order valence-electron chi connectivity index (χ2n) is 7.25. The van der Waals surface area contributed by atoms with Gasteiger partial charge >= 0.3 is 0 Å². The highest BCUT2D eigenvalue weighted by molar-refractivity contribution is 6.30. The van der Waals surface area contributed by atoms with Crippen LogP contribution in [-0.4, -0.2) is 36.4 Å². The van der Waals surface area contributed by atoms with Gasteiger partial charge in [0.25, 0.3) is 0 Å². The van der Waals surface area contributed by atoms with E-state index in [0.717, 1.165) is 29.7 Å². The van der Waals surface area contributed by atoms with Gasteiger partial charge in [-0.15, -0.1) is 0 Å². The van der Waals surface area contributed by atoms with Crippen molar-refractivity contribution >= 4 is 23.4 Å². The number of methoxy groups -OCH3 is 1. The molecular formula is C24H31ClN2O3. The smallest absolute Gasteiger partial charge is 0.242 e. The third-order valence-corrected chi connectivity index (χ3v) is 5.21. The molecule has 0 spiro atoms. The topological polar surface area (TPSA) is 58.6 Å². The van der Waals surface area contributed by atoms with Crippen LogP contribution in [0, 0.1) is 0 Å². The Morgan fingerprint density at radius 1 is 1.10 bits per heavy atom. The summed E-state index contributed by atoms with van der Waals surface area (Å²) in [5.74, 6) is 0.532. The van der Waals surface area contributed by atoms with Crippen molar-refractivity contribution in [1.29, 1.82) is 0 Å². The van der Waals surface area contributed by atoms with Gasteiger partial charge in [-0.05, 0) is 48.2 Å². The van der Waals surface area contributed by atoms with Crippen LogP contribution in [0.3, 0.4) is 0 Å². The fourth-order valence-electron chi connectivity index (χ4n) is 3.28. The highest BCUT2D eigenvalue weighted by Gasteiger charge is 2.28. The highest BCUT2D eigenvalue weighted by Crippen LogP contribution is 2.18. The minimum Gasteiger partial charge on any atom is -0.497 e. The molecule has 1 N–H and O–H groups in total. The predicted octanol–water partition coefficient (Wildman–Crippen LogP) is 4.61. The molecule has 1 atom stereocenters. The van der Waals surface area contributed by atoms with Crippen molar-refractivity contribution in [1.82, 2.24) is 10.2 Å². The summed E-state index contributed by atoms with van der Waals surface area (Å²) >= 11 is 6.08. The average Bonchev–Trinajstić information content (AvgIpc) is 2.74. The molecule has 0 saturated carbocycles. The van der Waals surface area contributed by atoms with Crippen molar-refractivity contribution in [3.05, 3.63) is 64.7 Å². The minimum atomic E-state index is -0.532. The molecule has 0 fully saturated rings. The van der Waals surface area contributed by atoms with Crippen LogP contribution in [-0.2, 0) is 22.6 Å². The fraction of sp³-hybridized carbons (Fsp3) is 0.417. The Morgan fingerprint density at radius 2 is 1.83 bits per heavy atom. The Labute approximate surface area is 184 Å². The van der Waals surface area contributed by atoms with Gasteiger partial charge in [-0.3, -0.25) is 9.59 Å². The zero-order valence-corrected chi connectivity index (χ0v) is 18.7. The Balaban J connectivity index is 2.24. The molecule has 0 bridgehead atoms. The molecule has 30 heavy (non-hydrogen) atoms. The van der Waals surface area contributed by atoms with Crippen LogP contribution >= 0.6 is 11.6 Å². The number of rotatable bonds is 11. The molecule has 0 aliphatic heterocycles. The predicted molar refractivity (Wildman–Crippen MR) is 121 cm³/mol. The third kappa shape index (κ3) is 7.06. The van der Waals surface area contributed by atoms with Crippen molar-refractivity contribution in [3.63, 3.8) is 0 Å². The molecule has 0 aliphatic rings. The van der Waals surface area contributed by atoms with E-state index >= 15 is 0 Å². The van der Waals surface area contributed by atoms with E-state index in [1.165, 1.54) is 0 Å². The minimum absolute atomic E-state index is 0.106. The number of hydrogen-bond donors (Lipinski definition) is 1. The molecule has 2 rings (SSSR count). The number of carbonyl (C=O) groups is 2. The molecule has 0 heterocycles. The van der Waals surface area contributed by atoms with Gasteiger partial charge in [-0.2, -0.15) is 0 Å². The summed E-state index contributed by atoms with van der Waals surface area (Å²) in [6.07, 6.45) is 2.64. The number of benzene rings is 2. The van der Waals surface area contributed by atoms with Gasteiger partial charge in [0, 0.05) is 18.1 Å². The average molecular weight is 431 g/mol. The van der Waals surface area contributed by atoms with Crippen molar-refractivity contribution in [3.8, 4) is 5.75 Å². The van der Waals surface area contributed by atoms with Gasteiger partial charge in [0.1, 0.15) is 11.8 Å². The number of nitrogens with zero attached hydrogens (tertiary/aromatic N) is 1. The highest BCUT2D eigenvalue weighted by atomic mass is 35.5. The zero-order valence-electron chi connectivity index (χ0n) is 18.0. The molecule has 162 valence electrons. The van der Waals surface area contributed by atoms with Crippen molar-refractivity contribution in [2.24, 2.45) is 0 Å². The lowest BCUT2D eigenvalue weighted by atomic mass is 10.1. The summed E-state index contributed by atoms with van der Waals surface area (Å²) in [6, 6.07) is 14.3. The van der Waals surface area contributed by atoms with Gasteiger partial charge in [-0.1, -0.05) is 56.1 Å². The molecule has 1 unspecified atom stereocenters. The SMILES string of the molecule is CCCCNC(=O)C(CC)N(Cc1ccc(OC)cc1)C(=O)Cc1cccc(Cl)c1. The van der Waals surface area contributed by atoms with Crippen LogP contribution in [0.5, 0.6) is 5.75 Å². The molecule has 2 aromatic rings. The van der Waals surface area contributed by atoms with Gasteiger partial charge < -0.3 is 15.0 Å². The second-order valence-corrected chi connectivity index (χ2v) is 7.68. The van der Waals surface area contributed by atoms with Gasteiger partial charge in [0.2, 0.25) is 11.8 Å². The van der Waals surface area contributed by atoms with Crippen LogP contribution in [0.1, 0.15) is 44.2 Å². The van der Waals surface area contributed by atoms with E-state index in [0.29, 0.717) is 24.5 Å². The molecule has 5 nitrogen and oxygen atoms in total. The van der Waals surface area contributed by atoms with Crippen LogP contribution < -0.4 is 10.1 Å². The molecule has 2 amide bonds. The first kappa shape index (κ1) is 23.7. The van der Waals surface area contributed by atoms with Crippen LogP contribution in [0.4, 0.5) is 0 Å². The maximum atomic E-state index is 13.3. The van der Waals surface area contributed by atoms with Gasteiger partial charge in [0.15, 0.2) is 0 Å². The van der Waals surface area contributed by atoms with Gasteiger partial charge in [0.05, 0.1) is 13.5 Å². The van der Waals surface area contributed by atoms with E-state index in [2.05, 4.69) is 12.2 Å². The van der Waals surface area contributed by atoms with E-state index < -0.39 is 6.04 Å². The Bertz CT molecular complexity index is 823. The first-order valence-electron chi connectivity index (χ1n) is 10.4. The van der Waals surface area contributed by atoms with E-state index in [4.69, 9.17) is 16.3 Å². The molecule has 6 heteroatoms. The summed E-state index contributed by atoms with van der Waals surface area (Å²) in [7, 11) is 1.61. The van der Waals surface area contributed by atoms with E-state index in [1.54, 1.807) is 24.1 Å². The Morgan fingerprint density at radius 3 is 2.43 bits per heavy atom. The first-order chi connectivity index (χ1) is 14.5. The lowest BCUT2D eigenvalue weighted by molar-refractivity contribution is -0.140. The molecule has 2 aromatic carbocycles. The lowest BCUT2D eigenvalue weighted by Gasteiger charge is -2.31. The summed E-state index contributed by atoms with van der Waals surface area (Å²) in [5, 5.41) is 3.56. The quantitative estimate of drug-likeness (QED) is 0.529. The van der Waals surface area contributed by atoms with Gasteiger partial charge in [-0.25, -0.2) is 0 Å². The maximum absolute atomic E-state index is 13.3. The number of unbranched alkanes of at least 4 members (excludes halogenated alkanes) is 1. The van der Waals surface area contributed by atoms with Crippen molar-refractivity contribution in [2.45, 2.75) is 52.1 Å². The number of ether oxygens (including phenoxy) is 1. The molecular weight excluding hydrogens is 400 g/mol. The largest absolute Gasteiger partial charge is 0.497 e. The maximum Gasteiger partial charge on any atom is 0.242 e. The molecule has 0 saturated heterocycles. The summed E-state index contributed by atoms with van der Waals surface area (Å²) in [4.78, 5) is 27.8. The van der Waals surface area contributed by atoms with Crippen molar-refractivity contribution in [2.75, 3.05) is 13.7 Å². The number of carbonyl (C=O) groups excluding carboxylic acids is 2.